The van der Waals surface area contributed by atoms with Crippen molar-refractivity contribution in [2.45, 2.75) is 5.54 Å². The fourth-order valence-electron chi connectivity index (χ4n) is 3.37. The lowest BCUT2D eigenvalue weighted by Gasteiger charge is -2.31. The van der Waals surface area contributed by atoms with Gasteiger partial charge in [0.25, 0.3) is 0 Å². The summed E-state index contributed by atoms with van der Waals surface area (Å²) in [4.78, 5) is 8.64. The molecule has 0 aliphatic carbocycles. The van der Waals surface area contributed by atoms with Gasteiger partial charge in [0.2, 0.25) is 0 Å². The van der Waals surface area contributed by atoms with E-state index in [9.17, 15) is 0 Å². The van der Waals surface area contributed by atoms with Crippen LogP contribution in [0.2, 0.25) is 0 Å². The molecule has 1 unspecified atom stereocenters. The molecule has 2 aromatic heterocycles. The zero-order valence-electron chi connectivity index (χ0n) is 12.7. The number of H-pyrrole nitrogens is 1. The summed E-state index contributed by atoms with van der Waals surface area (Å²) in [6, 6.07) is 10.2. The van der Waals surface area contributed by atoms with E-state index < -0.39 is 5.54 Å². The Kier molecular flexibility index (Phi) is 2.68. The number of allylic oxidation sites excluding steroid dienone is 1. The SMILES string of the molecule is C1=CN2NC(c3ccncc3)(c3cccc4[nH]ncc34)C=C2N=C1. The predicted molar refractivity (Wildman–Crippen MR) is 91.8 cm³/mol. The number of hydrogen-bond acceptors (Lipinski definition) is 5. The van der Waals surface area contributed by atoms with E-state index >= 15 is 0 Å². The number of aromatic amines is 1. The van der Waals surface area contributed by atoms with Gasteiger partial charge in [-0.15, -0.1) is 0 Å². The number of aromatic nitrogens is 3. The first kappa shape index (κ1) is 13.2. The van der Waals surface area contributed by atoms with E-state index in [1.807, 2.05) is 60.1 Å². The molecule has 24 heavy (non-hydrogen) atoms. The average Bonchev–Trinajstić information content (AvgIpc) is 3.27. The van der Waals surface area contributed by atoms with Gasteiger partial charge in [-0.1, -0.05) is 12.1 Å². The number of aliphatic imine (C=N–C) groups is 1. The van der Waals surface area contributed by atoms with Gasteiger partial charge in [-0.05, 0) is 41.5 Å². The largest absolute Gasteiger partial charge is 0.278 e. The van der Waals surface area contributed by atoms with Crippen molar-refractivity contribution in [3.8, 4) is 0 Å². The molecule has 2 aliphatic heterocycles. The van der Waals surface area contributed by atoms with Crippen LogP contribution in [-0.4, -0.2) is 26.4 Å². The summed E-state index contributed by atoms with van der Waals surface area (Å²) < 4.78 is 0. The molecular weight excluding hydrogens is 300 g/mol. The third-order valence-corrected chi connectivity index (χ3v) is 4.46. The maximum Gasteiger partial charge on any atom is 0.145 e. The first-order valence-corrected chi connectivity index (χ1v) is 7.71. The summed E-state index contributed by atoms with van der Waals surface area (Å²) in [5.41, 5.74) is 6.27. The molecule has 6 heteroatoms. The molecule has 4 heterocycles. The Balaban J connectivity index is 1.81. The number of nitrogens with one attached hydrogen (secondary N) is 2. The quantitative estimate of drug-likeness (QED) is 0.762. The van der Waals surface area contributed by atoms with Gasteiger partial charge >= 0.3 is 0 Å². The highest BCUT2D eigenvalue weighted by molar-refractivity contribution is 5.84. The minimum atomic E-state index is -0.534. The molecule has 0 bridgehead atoms. The molecule has 0 fully saturated rings. The molecule has 0 amide bonds. The number of benzene rings is 1. The Hall–Kier alpha value is -3.25. The van der Waals surface area contributed by atoms with Gasteiger partial charge in [-0.2, -0.15) is 5.10 Å². The molecule has 1 aromatic carbocycles. The van der Waals surface area contributed by atoms with Crippen molar-refractivity contribution in [3.05, 3.63) is 84.2 Å². The van der Waals surface area contributed by atoms with E-state index in [0.717, 1.165) is 27.9 Å². The Morgan fingerprint density at radius 2 is 2.00 bits per heavy atom. The van der Waals surface area contributed by atoms with Crippen LogP contribution in [0.3, 0.4) is 0 Å². The van der Waals surface area contributed by atoms with E-state index in [1.54, 1.807) is 6.21 Å². The summed E-state index contributed by atoms with van der Waals surface area (Å²) in [5.74, 6) is 0.870. The lowest BCUT2D eigenvalue weighted by molar-refractivity contribution is 0.297. The van der Waals surface area contributed by atoms with Crippen LogP contribution in [0.25, 0.3) is 10.9 Å². The van der Waals surface area contributed by atoms with Crippen molar-refractivity contribution in [3.63, 3.8) is 0 Å². The molecule has 116 valence electrons. The van der Waals surface area contributed by atoms with Gasteiger partial charge in [-0.25, -0.2) is 10.4 Å². The second-order valence-electron chi connectivity index (χ2n) is 5.78. The first-order chi connectivity index (χ1) is 11.9. The highest BCUT2D eigenvalue weighted by Gasteiger charge is 2.41. The number of nitrogens with zero attached hydrogens (tertiary/aromatic N) is 4. The van der Waals surface area contributed by atoms with Crippen LogP contribution in [-0.2, 0) is 5.54 Å². The van der Waals surface area contributed by atoms with E-state index in [-0.39, 0.29) is 0 Å². The summed E-state index contributed by atoms with van der Waals surface area (Å²) in [7, 11) is 0. The zero-order chi connectivity index (χ0) is 16.0. The van der Waals surface area contributed by atoms with Crippen LogP contribution in [0.5, 0.6) is 0 Å². The van der Waals surface area contributed by atoms with Gasteiger partial charge in [-0.3, -0.25) is 15.1 Å². The molecule has 0 radical (unpaired) electrons. The topological polar surface area (TPSA) is 69.2 Å². The average molecular weight is 314 g/mol. The second kappa shape index (κ2) is 4.87. The predicted octanol–water partition coefficient (Wildman–Crippen LogP) is 2.46. The summed E-state index contributed by atoms with van der Waals surface area (Å²) in [6.07, 6.45) is 13.3. The fourth-order valence-corrected chi connectivity index (χ4v) is 3.37. The van der Waals surface area contributed by atoms with E-state index in [4.69, 9.17) is 0 Å². The highest BCUT2D eigenvalue weighted by Crippen LogP contribution is 2.40. The van der Waals surface area contributed by atoms with Crippen molar-refractivity contribution in [2.24, 2.45) is 4.99 Å². The normalized spacial score (nSPS) is 22.0. The smallest absolute Gasteiger partial charge is 0.145 e. The third kappa shape index (κ3) is 1.77. The molecule has 0 spiro atoms. The summed E-state index contributed by atoms with van der Waals surface area (Å²) >= 11 is 0. The molecule has 5 rings (SSSR count). The number of pyridine rings is 1. The van der Waals surface area contributed by atoms with Gasteiger partial charge in [0.05, 0.1) is 11.7 Å². The minimum absolute atomic E-state index is 0.534. The second-order valence-corrected chi connectivity index (χ2v) is 5.78. The van der Waals surface area contributed by atoms with Gasteiger partial charge < -0.3 is 0 Å². The number of hydrazine groups is 1. The van der Waals surface area contributed by atoms with Crippen LogP contribution >= 0.6 is 0 Å². The summed E-state index contributed by atoms with van der Waals surface area (Å²) in [5, 5.41) is 10.3. The van der Waals surface area contributed by atoms with Crippen LogP contribution in [0.4, 0.5) is 0 Å². The number of rotatable bonds is 2. The van der Waals surface area contributed by atoms with Crippen molar-refractivity contribution in [1.82, 2.24) is 25.6 Å². The first-order valence-electron chi connectivity index (χ1n) is 7.71. The van der Waals surface area contributed by atoms with Crippen LogP contribution in [0, 0.1) is 0 Å². The molecule has 0 saturated heterocycles. The lowest BCUT2D eigenvalue weighted by Crippen LogP contribution is -2.44. The van der Waals surface area contributed by atoms with Crippen LogP contribution in [0.1, 0.15) is 11.1 Å². The summed E-state index contributed by atoms with van der Waals surface area (Å²) in [6.45, 7) is 0. The maximum atomic E-state index is 4.48. The Morgan fingerprint density at radius 3 is 2.88 bits per heavy atom. The number of hydrogen-bond donors (Lipinski definition) is 2. The lowest BCUT2D eigenvalue weighted by atomic mass is 9.82. The molecule has 3 aromatic rings. The standard InChI is InChI=1S/C18H14N6/c1-3-15(14-12-21-22-16(14)4-1)18(13-5-8-19-9-6-13)11-17-20-7-2-10-24(17)23-18/h1-12,23H,(H,21,22). The van der Waals surface area contributed by atoms with E-state index in [0.29, 0.717) is 0 Å². The molecule has 0 saturated carbocycles. The maximum absolute atomic E-state index is 4.48. The van der Waals surface area contributed by atoms with Gasteiger partial charge in [0.1, 0.15) is 11.4 Å². The Labute approximate surface area is 138 Å². The molecule has 2 N–H and O–H groups in total. The molecule has 1 atom stereocenters. The van der Waals surface area contributed by atoms with Crippen molar-refractivity contribution >= 4 is 17.1 Å². The molecule has 6 nitrogen and oxygen atoms in total. The van der Waals surface area contributed by atoms with Crippen molar-refractivity contribution < 1.29 is 0 Å². The van der Waals surface area contributed by atoms with Gasteiger partial charge in [0.15, 0.2) is 0 Å². The van der Waals surface area contributed by atoms with Crippen molar-refractivity contribution in [2.75, 3.05) is 0 Å². The zero-order valence-corrected chi connectivity index (χ0v) is 12.7. The van der Waals surface area contributed by atoms with Crippen molar-refractivity contribution in [1.29, 1.82) is 0 Å². The highest BCUT2D eigenvalue weighted by atomic mass is 15.6. The van der Waals surface area contributed by atoms with Crippen LogP contribution in [0.15, 0.2) is 78.1 Å². The van der Waals surface area contributed by atoms with E-state index in [2.05, 4.69) is 37.7 Å². The number of fused-ring (bicyclic) bond motifs is 2. The van der Waals surface area contributed by atoms with E-state index in [1.165, 1.54) is 0 Å². The Bertz CT molecular complexity index is 1000. The monoisotopic (exact) mass is 314 g/mol. The Morgan fingerprint density at radius 1 is 1.08 bits per heavy atom. The molecular formula is C18H14N6. The minimum Gasteiger partial charge on any atom is -0.278 e. The third-order valence-electron chi connectivity index (χ3n) is 4.46. The van der Waals surface area contributed by atoms with Crippen LogP contribution < -0.4 is 5.43 Å². The fraction of sp³-hybridized carbons (Fsp3) is 0.0556. The van der Waals surface area contributed by atoms with Gasteiger partial charge in [0, 0.05) is 30.2 Å². The molecule has 2 aliphatic rings.